The first-order valence-corrected chi connectivity index (χ1v) is 7.61. The van der Waals surface area contributed by atoms with Crippen LogP contribution in [0.4, 0.5) is 10.1 Å². The SMILES string of the molecule is Cc1ccc2c(c1)NC(=O)C(CC(=O)NCc1ccccc1F)O2. The molecule has 1 aliphatic heterocycles. The van der Waals surface area contributed by atoms with Crippen LogP contribution in [-0.2, 0) is 16.1 Å². The Labute approximate surface area is 138 Å². The lowest BCUT2D eigenvalue weighted by molar-refractivity contribution is -0.130. The lowest BCUT2D eigenvalue weighted by atomic mass is 10.1. The van der Waals surface area contributed by atoms with E-state index < -0.39 is 6.10 Å². The Balaban J connectivity index is 1.59. The lowest BCUT2D eigenvalue weighted by Gasteiger charge is -2.25. The normalized spacial score (nSPS) is 15.9. The molecule has 0 spiro atoms. The van der Waals surface area contributed by atoms with Gasteiger partial charge in [-0.3, -0.25) is 9.59 Å². The first-order chi connectivity index (χ1) is 11.5. The Kier molecular flexibility index (Phi) is 4.46. The molecule has 24 heavy (non-hydrogen) atoms. The number of carbonyl (C=O) groups excluding carboxylic acids is 2. The van der Waals surface area contributed by atoms with Crippen molar-refractivity contribution >= 4 is 17.5 Å². The van der Waals surface area contributed by atoms with Crippen LogP contribution in [0.5, 0.6) is 5.75 Å². The van der Waals surface area contributed by atoms with E-state index in [0.29, 0.717) is 17.0 Å². The van der Waals surface area contributed by atoms with Crippen molar-refractivity contribution in [2.75, 3.05) is 5.32 Å². The van der Waals surface area contributed by atoms with Crippen molar-refractivity contribution < 1.29 is 18.7 Å². The first-order valence-electron chi connectivity index (χ1n) is 7.61. The molecule has 1 heterocycles. The molecule has 0 saturated carbocycles. The number of nitrogens with one attached hydrogen (secondary N) is 2. The Hall–Kier alpha value is -2.89. The molecular weight excluding hydrogens is 311 g/mol. The van der Waals surface area contributed by atoms with E-state index in [1.54, 1.807) is 24.3 Å². The second-order valence-corrected chi connectivity index (χ2v) is 5.67. The summed E-state index contributed by atoms with van der Waals surface area (Å²) >= 11 is 0. The summed E-state index contributed by atoms with van der Waals surface area (Å²) in [6.07, 6.45) is -1.03. The minimum Gasteiger partial charge on any atom is -0.478 e. The number of anilines is 1. The molecule has 5 nitrogen and oxygen atoms in total. The number of amides is 2. The van der Waals surface area contributed by atoms with Crippen molar-refractivity contribution in [2.24, 2.45) is 0 Å². The number of fused-ring (bicyclic) bond motifs is 1. The number of ether oxygens (including phenoxy) is 1. The van der Waals surface area contributed by atoms with E-state index in [-0.39, 0.29) is 30.6 Å². The van der Waals surface area contributed by atoms with Gasteiger partial charge in [0.1, 0.15) is 11.6 Å². The quantitative estimate of drug-likeness (QED) is 0.906. The molecule has 0 saturated heterocycles. The summed E-state index contributed by atoms with van der Waals surface area (Å²) < 4.78 is 19.1. The van der Waals surface area contributed by atoms with Crippen molar-refractivity contribution in [1.82, 2.24) is 5.32 Å². The van der Waals surface area contributed by atoms with Gasteiger partial charge in [-0.15, -0.1) is 0 Å². The van der Waals surface area contributed by atoms with Crippen molar-refractivity contribution in [2.45, 2.75) is 26.0 Å². The van der Waals surface area contributed by atoms with E-state index in [0.717, 1.165) is 5.56 Å². The van der Waals surface area contributed by atoms with Gasteiger partial charge in [0.15, 0.2) is 6.10 Å². The second kappa shape index (κ2) is 6.70. The Bertz CT molecular complexity index is 792. The van der Waals surface area contributed by atoms with Crippen LogP contribution in [0.2, 0.25) is 0 Å². The Morgan fingerprint density at radius 2 is 2.08 bits per heavy atom. The third-order valence-electron chi connectivity index (χ3n) is 3.76. The summed E-state index contributed by atoms with van der Waals surface area (Å²) in [4.78, 5) is 24.1. The molecule has 0 fully saturated rings. The summed E-state index contributed by atoms with van der Waals surface area (Å²) in [7, 11) is 0. The number of halogens is 1. The molecule has 6 heteroatoms. The van der Waals surface area contributed by atoms with Crippen molar-refractivity contribution in [3.8, 4) is 5.75 Å². The monoisotopic (exact) mass is 328 g/mol. The topological polar surface area (TPSA) is 67.4 Å². The molecule has 0 radical (unpaired) electrons. The zero-order valence-corrected chi connectivity index (χ0v) is 13.1. The van der Waals surface area contributed by atoms with Gasteiger partial charge in [0.2, 0.25) is 5.91 Å². The van der Waals surface area contributed by atoms with E-state index in [4.69, 9.17) is 4.74 Å². The summed E-state index contributed by atoms with van der Waals surface area (Å²) in [5.41, 5.74) is 1.99. The summed E-state index contributed by atoms with van der Waals surface area (Å²) in [6.45, 7) is 1.98. The van der Waals surface area contributed by atoms with Crippen LogP contribution < -0.4 is 15.4 Å². The van der Waals surface area contributed by atoms with Gasteiger partial charge < -0.3 is 15.4 Å². The average Bonchev–Trinajstić information content (AvgIpc) is 2.55. The number of rotatable bonds is 4. The predicted molar refractivity (Wildman–Crippen MR) is 87.1 cm³/mol. The molecule has 0 aliphatic carbocycles. The fourth-order valence-corrected chi connectivity index (χ4v) is 2.47. The summed E-state index contributed by atoms with van der Waals surface area (Å²) in [6, 6.07) is 11.6. The minimum absolute atomic E-state index is 0.0651. The number of aryl methyl sites for hydroxylation is 1. The zero-order valence-electron chi connectivity index (χ0n) is 13.1. The molecule has 1 aliphatic rings. The molecule has 0 bridgehead atoms. The maximum absolute atomic E-state index is 13.5. The second-order valence-electron chi connectivity index (χ2n) is 5.67. The number of carbonyl (C=O) groups is 2. The number of hydrogen-bond donors (Lipinski definition) is 2. The molecule has 1 atom stereocenters. The molecule has 0 aromatic heterocycles. The highest BCUT2D eigenvalue weighted by Gasteiger charge is 2.29. The molecular formula is C18H17FN2O3. The Morgan fingerprint density at radius 3 is 2.88 bits per heavy atom. The van der Waals surface area contributed by atoms with Gasteiger partial charge in [-0.05, 0) is 30.7 Å². The molecule has 2 amide bonds. The van der Waals surface area contributed by atoms with Gasteiger partial charge in [-0.2, -0.15) is 0 Å². The van der Waals surface area contributed by atoms with Crippen LogP contribution >= 0.6 is 0 Å². The van der Waals surface area contributed by atoms with Gasteiger partial charge in [-0.25, -0.2) is 4.39 Å². The Morgan fingerprint density at radius 1 is 1.29 bits per heavy atom. The van der Waals surface area contributed by atoms with E-state index in [2.05, 4.69) is 10.6 Å². The van der Waals surface area contributed by atoms with E-state index in [1.165, 1.54) is 6.07 Å². The summed E-state index contributed by atoms with van der Waals surface area (Å²) in [5.74, 6) is -0.594. The van der Waals surface area contributed by atoms with Gasteiger partial charge in [0, 0.05) is 12.1 Å². The van der Waals surface area contributed by atoms with Crippen LogP contribution in [-0.4, -0.2) is 17.9 Å². The first kappa shape index (κ1) is 16.0. The maximum atomic E-state index is 13.5. The smallest absolute Gasteiger partial charge is 0.266 e. The van der Waals surface area contributed by atoms with Crippen LogP contribution in [0.3, 0.4) is 0 Å². The van der Waals surface area contributed by atoms with Crippen molar-refractivity contribution in [1.29, 1.82) is 0 Å². The number of hydrogen-bond acceptors (Lipinski definition) is 3. The highest BCUT2D eigenvalue weighted by atomic mass is 19.1. The van der Waals surface area contributed by atoms with Gasteiger partial charge >= 0.3 is 0 Å². The average molecular weight is 328 g/mol. The molecule has 1 unspecified atom stereocenters. The van der Waals surface area contributed by atoms with E-state index >= 15 is 0 Å². The van der Waals surface area contributed by atoms with Crippen molar-refractivity contribution in [3.63, 3.8) is 0 Å². The van der Waals surface area contributed by atoms with E-state index in [9.17, 15) is 14.0 Å². The minimum atomic E-state index is -0.902. The van der Waals surface area contributed by atoms with Gasteiger partial charge in [0.25, 0.3) is 5.91 Å². The fourth-order valence-electron chi connectivity index (χ4n) is 2.47. The third-order valence-corrected chi connectivity index (χ3v) is 3.76. The third kappa shape index (κ3) is 3.53. The largest absolute Gasteiger partial charge is 0.478 e. The number of benzene rings is 2. The van der Waals surface area contributed by atoms with Crippen LogP contribution in [0.1, 0.15) is 17.5 Å². The van der Waals surface area contributed by atoms with Crippen LogP contribution in [0.15, 0.2) is 42.5 Å². The van der Waals surface area contributed by atoms with Crippen LogP contribution in [0.25, 0.3) is 0 Å². The van der Waals surface area contributed by atoms with Crippen LogP contribution in [0, 0.1) is 12.7 Å². The lowest BCUT2D eigenvalue weighted by Crippen LogP contribution is -2.41. The standard InChI is InChI=1S/C18H17FN2O3/c1-11-6-7-15-14(8-11)21-18(23)16(24-15)9-17(22)20-10-12-4-2-3-5-13(12)19/h2-8,16H,9-10H2,1H3,(H,20,22)(H,21,23). The van der Waals surface area contributed by atoms with Gasteiger partial charge in [0.05, 0.1) is 12.1 Å². The maximum Gasteiger partial charge on any atom is 0.266 e. The highest BCUT2D eigenvalue weighted by molar-refractivity contribution is 6.00. The van der Waals surface area contributed by atoms with E-state index in [1.807, 2.05) is 19.1 Å². The summed E-state index contributed by atoms with van der Waals surface area (Å²) in [5, 5.41) is 5.34. The fraction of sp³-hybridized carbons (Fsp3) is 0.222. The van der Waals surface area contributed by atoms with Gasteiger partial charge in [-0.1, -0.05) is 24.3 Å². The molecule has 3 rings (SSSR count). The molecule has 2 aromatic rings. The zero-order chi connectivity index (χ0) is 17.1. The molecule has 124 valence electrons. The molecule has 2 N–H and O–H groups in total. The molecule has 2 aromatic carbocycles. The highest BCUT2D eigenvalue weighted by Crippen LogP contribution is 2.30. The van der Waals surface area contributed by atoms with Crippen molar-refractivity contribution in [3.05, 3.63) is 59.4 Å². The predicted octanol–water partition coefficient (Wildman–Crippen LogP) is 2.54.